The van der Waals surface area contributed by atoms with Crippen LogP contribution in [0.2, 0.25) is 0 Å². The summed E-state index contributed by atoms with van der Waals surface area (Å²) < 4.78 is 5.56. The molecule has 0 spiro atoms. The minimum absolute atomic E-state index is 0.0251. The van der Waals surface area contributed by atoms with E-state index >= 15 is 0 Å². The standard InChI is InChI=1S/C24H26N2O6/c1-15(2)32-14-6-13-25-21(19-8-5-4-7-16(19)3)20(23(28)24(25)29)22(27)17-9-11-18(12-10-17)26(30)31/h4-5,7-12,15,21,27H,6,13-14H2,1-3H3/b22-20+. The van der Waals surface area contributed by atoms with Crippen molar-refractivity contribution in [2.45, 2.75) is 39.3 Å². The number of aliphatic hydroxyl groups is 1. The van der Waals surface area contributed by atoms with Gasteiger partial charge in [-0.1, -0.05) is 24.3 Å². The normalized spacial score (nSPS) is 17.9. The fourth-order valence-electron chi connectivity index (χ4n) is 3.78. The highest BCUT2D eigenvalue weighted by atomic mass is 16.6. The van der Waals surface area contributed by atoms with Gasteiger partial charge in [-0.2, -0.15) is 0 Å². The third kappa shape index (κ3) is 4.70. The van der Waals surface area contributed by atoms with E-state index in [-0.39, 0.29) is 35.2 Å². The van der Waals surface area contributed by atoms with Crippen LogP contribution in [0.15, 0.2) is 54.1 Å². The molecule has 2 aromatic rings. The Labute approximate surface area is 186 Å². The maximum atomic E-state index is 13.0. The van der Waals surface area contributed by atoms with Crippen molar-refractivity contribution in [2.75, 3.05) is 13.2 Å². The summed E-state index contributed by atoms with van der Waals surface area (Å²) in [7, 11) is 0. The number of carbonyl (C=O) groups is 2. The third-order valence-electron chi connectivity index (χ3n) is 5.37. The number of hydrogen-bond donors (Lipinski definition) is 1. The number of nitro benzene ring substituents is 1. The van der Waals surface area contributed by atoms with Gasteiger partial charge in [0.2, 0.25) is 0 Å². The number of amides is 1. The van der Waals surface area contributed by atoms with Crippen LogP contribution in [0, 0.1) is 17.0 Å². The van der Waals surface area contributed by atoms with Crippen molar-refractivity contribution >= 4 is 23.1 Å². The zero-order chi connectivity index (χ0) is 23.4. The number of ether oxygens (including phenoxy) is 1. The van der Waals surface area contributed by atoms with Gasteiger partial charge < -0.3 is 14.7 Å². The van der Waals surface area contributed by atoms with Crippen LogP contribution in [0.5, 0.6) is 0 Å². The Hall–Kier alpha value is -3.52. The molecule has 1 saturated heterocycles. The number of rotatable bonds is 8. The van der Waals surface area contributed by atoms with Crippen LogP contribution in [-0.4, -0.2) is 45.9 Å². The average molecular weight is 438 g/mol. The number of hydrogen-bond acceptors (Lipinski definition) is 6. The van der Waals surface area contributed by atoms with Gasteiger partial charge in [0, 0.05) is 30.8 Å². The quantitative estimate of drug-likeness (QED) is 0.166. The molecule has 1 unspecified atom stereocenters. The molecule has 1 N–H and O–H groups in total. The van der Waals surface area contributed by atoms with E-state index in [4.69, 9.17) is 4.74 Å². The lowest BCUT2D eigenvalue weighted by molar-refractivity contribution is -0.384. The molecule has 168 valence electrons. The highest BCUT2D eigenvalue weighted by Gasteiger charge is 2.46. The van der Waals surface area contributed by atoms with E-state index in [0.29, 0.717) is 13.0 Å². The van der Waals surface area contributed by atoms with Crippen LogP contribution >= 0.6 is 0 Å². The minimum atomic E-state index is -0.779. The average Bonchev–Trinajstić information content (AvgIpc) is 3.01. The molecule has 0 saturated carbocycles. The number of nitrogens with zero attached hydrogens (tertiary/aromatic N) is 2. The Morgan fingerprint density at radius 2 is 1.81 bits per heavy atom. The SMILES string of the molecule is Cc1ccccc1C1/C(=C(\O)c2ccc([N+](=O)[O-])cc2)C(=O)C(=O)N1CCCOC(C)C. The van der Waals surface area contributed by atoms with E-state index in [1.807, 2.05) is 45.0 Å². The van der Waals surface area contributed by atoms with Gasteiger partial charge >= 0.3 is 0 Å². The molecule has 32 heavy (non-hydrogen) atoms. The molecule has 1 heterocycles. The zero-order valence-electron chi connectivity index (χ0n) is 18.3. The number of aryl methyl sites for hydroxylation is 1. The van der Waals surface area contributed by atoms with Crippen LogP contribution in [0.3, 0.4) is 0 Å². The Bertz CT molecular complexity index is 1060. The summed E-state index contributed by atoms with van der Waals surface area (Å²) in [6.45, 7) is 6.44. The van der Waals surface area contributed by atoms with Crippen LogP contribution < -0.4 is 0 Å². The Morgan fingerprint density at radius 3 is 2.41 bits per heavy atom. The lowest BCUT2D eigenvalue weighted by Crippen LogP contribution is -2.31. The maximum absolute atomic E-state index is 13.0. The number of aliphatic hydroxyl groups excluding tert-OH is 1. The van der Waals surface area contributed by atoms with Gasteiger partial charge in [0.15, 0.2) is 0 Å². The van der Waals surface area contributed by atoms with E-state index in [1.165, 1.54) is 29.2 Å². The summed E-state index contributed by atoms with van der Waals surface area (Å²) in [5.74, 6) is -1.82. The number of ketones is 1. The topological polar surface area (TPSA) is 110 Å². The van der Waals surface area contributed by atoms with E-state index < -0.39 is 22.7 Å². The van der Waals surface area contributed by atoms with E-state index in [2.05, 4.69) is 0 Å². The molecular weight excluding hydrogens is 412 g/mol. The highest BCUT2D eigenvalue weighted by Crippen LogP contribution is 2.40. The van der Waals surface area contributed by atoms with Gasteiger partial charge in [0.05, 0.1) is 22.6 Å². The molecule has 1 amide bonds. The molecule has 2 aromatic carbocycles. The van der Waals surface area contributed by atoms with Crippen molar-refractivity contribution in [1.82, 2.24) is 4.90 Å². The van der Waals surface area contributed by atoms with E-state index in [1.54, 1.807) is 0 Å². The molecule has 1 atom stereocenters. The monoisotopic (exact) mass is 438 g/mol. The Kier molecular flexibility index (Phi) is 7.05. The molecule has 0 aromatic heterocycles. The van der Waals surface area contributed by atoms with Crippen LogP contribution in [-0.2, 0) is 14.3 Å². The number of nitro groups is 1. The van der Waals surface area contributed by atoms with Gasteiger partial charge in [-0.3, -0.25) is 19.7 Å². The van der Waals surface area contributed by atoms with E-state index in [0.717, 1.165) is 11.1 Å². The first-order valence-electron chi connectivity index (χ1n) is 10.4. The minimum Gasteiger partial charge on any atom is -0.507 e. The van der Waals surface area contributed by atoms with Gasteiger partial charge in [-0.05, 0) is 50.5 Å². The number of benzene rings is 2. The van der Waals surface area contributed by atoms with Gasteiger partial charge in [0.1, 0.15) is 5.76 Å². The Morgan fingerprint density at radius 1 is 1.16 bits per heavy atom. The van der Waals surface area contributed by atoms with Crippen LogP contribution in [0.1, 0.15) is 43.0 Å². The molecule has 1 fully saturated rings. The van der Waals surface area contributed by atoms with Gasteiger partial charge in [-0.15, -0.1) is 0 Å². The second-order valence-corrected chi connectivity index (χ2v) is 7.93. The maximum Gasteiger partial charge on any atom is 0.295 e. The van der Waals surface area contributed by atoms with Crippen molar-refractivity contribution < 1.29 is 24.4 Å². The predicted octanol–water partition coefficient (Wildman–Crippen LogP) is 4.14. The van der Waals surface area contributed by atoms with Crippen molar-refractivity contribution in [2.24, 2.45) is 0 Å². The number of non-ortho nitro benzene ring substituents is 1. The number of Topliss-reactive ketones (excluding diaryl/α,β-unsaturated/α-hetero) is 1. The molecule has 8 nitrogen and oxygen atoms in total. The third-order valence-corrected chi connectivity index (χ3v) is 5.37. The molecule has 0 bridgehead atoms. The lowest BCUT2D eigenvalue weighted by atomic mass is 9.92. The molecule has 1 aliphatic rings. The van der Waals surface area contributed by atoms with Crippen molar-refractivity contribution in [3.05, 3.63) is 80.9 Å². The first-order valence-corrected chi connectivity index (χ1v) is 10.4. The fourth-order valence-corrected chi connectivity index (χ4v) is 3.78. The largest absolute Gasteiger partial charge is 0.507 e. The summed E-state index contributed by atoms with van der Waals surface area (Å²) in [4.78, 5) is 37.8. The van der Waals surface area contributed by atoms with Crippen molar-refractivity contribution in [3.8, 4) is 0 Å². The molecule has 8 heteroatoms. The van der Waals surface area contributed by atoms with Crippen LogP contribution in [0.4, 0.5) is 5.69 Å². The van der Waals surface area contributed by atoms with Crippen molar-refractivity contribution in [1.29, 1.82) is 0 Å². The lowest BCUT2D eigenvalue weighted by Gasteiger charge is -2.26. The highest BCUT2D eigenvalue weighted by molar-refractivity contribution is 6.46. The summed E-state index contributed by atoms with van der Waals surface area (Å²) in [6, 6.07) is 11.8. The molecule has 0 aliphatic carbocycles. The molecular formula is C24H26N2O6. The molecule has 1 aliphatic heterocycles. The summed E-state index contributed by atoms with van der Waals surface area (Å²) >= 11 is 0. The molecule has 0 radical (unpaired) electrons. The van der Waals surface area contributed by atoms with E-state index in [9.17, 15) is 24.8 Å². The smallest absolute Gasteiger partial charge is 0.295 e. The van der Waals surface area contributed by atoms with Gasteiger partial charge in [-0.25, -0.2) is 0 Å². The number of likely N-dealkylation sites (tertiary alicyclic amines) is 1. The number of carbonyl (C=O) groups excluding carboxylic acids is 2. The van der Waals surface area contributed by atoms with Gasteiger partial charge in [0.25, 0.3) is 17.4 Å². The molecule has 3 rings (SSSR count). The summed E-state index contributed by atoms with van der Waals surface area (Å²) in [5.41, 5.74) is 1.68. The first kappa shape index (κ1) is 23.1. The van der Waals surface area contributed by atoms with Crippen molar-refractivity contribution in [3.63, 3.8) is 0 Å². The second-order valence-electron chi connectivity index (χ2n) is 7.93. The second kappa shape index (κ2) is 9.74. The van der Waals surface area contributed by atoms with Crippen LogP contribution in [0.25, 0.3) is 5.76 Å². The predicted molar refractivity (Wildman–Crippen MR) is 119 cm³/mol. The Balaban J connectivity index is 2.05. The first-order chi connectivity index (χ1) is 15.2. The summed E-state index contributed by atoms with van der Waals surface area (Å²) in [6.07, 6.45) is 0.588. The fraction of sp³-hybridized carbons (Fsp3) is 0.333. The summed E-state index contributed by atoms with van der Waals surface area (Å²) in [5, 5.41) is 21.9. The zero-order valence-corrected chi connectivity index (χ0v) is 18.3.